The van der Waals surface area contributed by atoms with Crippen LogP contribution in [0.15, 0.2) is 54.7 Å². The van der Waals surface area contributed by atoms with Gasteiger partial charge in [-0.2, -0.15) is 0 Å². The normalized spacial score (nSPS) is 13.7. The molecule has 2 aromatic carbocycles. The Morgan fingerprint density at radius 3 is 2.86 bits per heavy atom. The average molecular weight is 288 g/mol. The molecule has 0 saturated heterocycles. The van der Waals surface area contributed by atoms with Crippen molar-refractivity contribution in [2.75, 3.05) is 7.05 Å². The number of rotatable bonds is 2. The highest BCUT2D eigenvalue weighted by Crippen LogP contribution is 2.24. The van der Waals surface area contributed by atoms with Gasteiger partial charge in [-0.1, -0.05) is 30.3 Å². The number of para-hydroxylation sites is 1. The number of fused-ring (bicyclic) bond motifs is 2. The Bertz CT molecular complexity index is 885. The third-order valence-corrected chi connectivity index (χ3v) is 4.21. The summed E-state index contributed by atoms with van der Waals surface area (Å²) in [4.78, 5) is 18.3. The van der Waals surface area contributed by atoms with Gasteiger partial charge in [0.15, 0.2) is 0 Å². The molecule has 22 heavy (non-hydrogen) atoms. The van der Waals surface area contributed by atoms with Crippen molar-refractivity contribution in [3.8, 4) is 0 Å². The maximum atomic E-state index is 12.1. The summed E-state index contributed by atoms with van der Waals surface area (Å²) >= 11 is 0. The zero-order valence-corrected chi connectivity index (χ0v) is 12.4. The molecule has 0 unspecified atom stereocenters. The van der Waals surface area contributed by atoms with Crippen LogP contribution in [0.1, 0.15) is 27.0 Å². The van der Waals surface area contributed by atoms with Crippen LogP contribution in [-0.2, 0) is 13.0 Å². The summed E-state index contributed by atoms with van der Waals surface area (Å²) in [6, 6.07) is 16.5. The summed E-state index contributed by atoms with van der Waals surface area (Å²) in [5.41, 5.74) is 5.29. The second-order valence-electron chi connectivity index (χ2n) is 5.87. The number of carbonyl (C=O) groups excluding carboxylic acids is 1. The van der Waals surface area contributed by atoms with E-state index in [1.165, 1.54) is 0 Å². The van der Waals surface area contributed by atoms with Crippen molar-refractivity contribution in [3.63, 3.8) is 0 Å². The summed E-state index contributed by atoms with van der Waals surface area (Å²) in [6.45, 7) is 0.714. The Morgan fingerprint density at radius 2 is 1.95 bits per heavy atom. The molecule has 0 radical (unpaired) electrons. The molecule has 4 rings (SSSR count). The lowest BCUT2D eigenvalue weighted by molar-refractivity contribution is 0.0816. The van der Waals surface area contributed by atoms with Crippen molar-refractivity contribution >= 4 is 16.8 Å². The summed E-state index contributed by atoms with van der Waals surface area (Å²) in [5.74, 6) is 0.119. The predicted molar refractivity (Wildman–Crippen MR) is 86.8 cm³/mol. The maximum absolute atomic E-state index is 12.1. The van der Waals surface area contributed by atoms with Crippen LogP contribution < -0.4 is 0 Å². The van der Waals surface area contributed by atoms with E-state index in [2.05, 4.69) is 29.2 Å². The smallest absolute Gasteiger partial charge is 0.254 e. The Kier molecular flexibility index (Phi) is 2.93. The van der Waals surface area contributed by atoms with Gasteiger partial charge in [0.1, 0.15) is 0 Å². The number of benzene rings is 2. The molecule has 1 aromatic heterocycles. The molecule has 0 fully saturated rings. The van der Waals surface area contributed by atoms with Crippen LogP contribution in [-0.4, -0.2) is 22.8 Å². The minimum atomic E-state index is 0.119. The van der Waals surface area contributed by atoms with Crippen molar-refractivity contribution in [1.29, 1.82) is 0 Å². The number of amides is 1. The van der Waals surface area contributed by atoms with E-state index in [4.69, 9.17) is 0 Å². The van der Waals surface area contributed by atoms with Crippen molar-refractivity contribution < 1.29 is 4.79 Å². The number of aromatic nitrogens is 1. The number of hydrogen-bond acceptors (Lipinski definition) is 2. The van der Waals surface area contributed by atoms with E-state index in [0.717, 1.165) is 39.6 Å². The van der Waals surface area contributed by atoms with E-state index in [1.54, 1.807) is 4.90 Å². The third kappa shape index (κ3) is 2.15. The fraction of sp³-hybridized carbons (Fsp3) is 0.158. The lowest BCUT2D eigenvalue weighted by atomic mass is 10.0. The van der Waals surface area contributed by atoms with Gasteiger partial charge < -0.3 is 4.90 Å². The highest BCUT2D eigenvalue weighted by Gasteiger charge is 2.24. The Hall–Kier alpha value is -2.68. The molecule has 2 heterocycles. The van der Waals surface area contributed by atoms with Gasteiger partial charge in [-0.25, -0.2) is 0 Å². The number of hydrogen-bond donors (Lipinski definition) is 0. The van der Waals surface area contributed by atoms with Crippen molar-refractivity contribution in [1.82, 2.24) is 9.88 Å². The summed E-state index contributed by atoms with van der Waals surface area (Å²) in [7, 11) is 1.84. The minimum absolute atomic E-state index is 0.119. The largest absolute Gasteiger partial charge is 0.337 e. The molecule has 1 aliphatic rings. The molecular formula is C19H16N2O. The Labute approximate surface area is 129 Å². The van der Waals surface area contributed by atoms with Crippen LogP contribution in [0.5, 0.6) is 0 Å². The van der Waals surface area contributed by atoms with Gasteiger partial charge >= 0.3 is 0 Å². The van der Waals surface area contributed by atoms with E-state index in [-0.39, 0.29) is 5.91 Å². The number of nitrogens with zero attached hydrogens (tertiary/aromatic N) is 2. The summed E-state index contributed by atoms with van der Waals surface area (Å²) < 4.78 is 0. The highest BCUT2D eigenvalue weighted by atomic mass is 16.2. The second kappa shape index (κ2) is 4.95. The van der Waals surface area contributed by atoms with E-state index < -0.39 is 0 Å². The van der Waals surface area contributed by atoms with Gasteiger partial charge in [-0.15, -0.1) is 0 Å². The number of carbonyl (C=O) groups is 1. The minimum Gasteiger partial charge on any atom is -0.337 e. The van der Waals surface area contributed by atoms with Gasteiger partial charge in [0, 0.05) is 30.7 Å². The standard InChI is InChI=1S/C19H16N2O/c1-21-12-16-7-6-13(10-17(16)19(21)22)8-14-9-15-4-2-3-5-18(15)20-11-14/h2-7,9-11H,8,12H2,1H3. The SMILES string of the molecule is CN1Cc2ccc(Cc3cnc4ccccc4c3)cc2C1=O. The molecule has 0 atom stereocenters. The van der Waals surface area contributed by atoms with E-state index in [9.17, 15) is 4.79 Å². The van der Waals surface area contributed by atoms with Gasteiger partial charge in [0.2, 0.25) is 0 Å². The highest BCUT2D eigenvalue weighted by molar-refractivity contribution is 5.98. The van der Waals surface area contributed by atoms with Crippen LogP contribution in [0.2, 0.25) is 0 Å². The number of pyridine rings is 1. The summed E-state index contributed by atoms with van der Waals surface area (Å²) in [6.07, 6.45) is 2.71. The van der Waals surface area contributed by atoms with Crippen LogP contribution in [0, 0.1) is 0 Å². The molecule has 3 heteroatoms. The Balaban J connectivity index is 1.67. The first-order valence-electron chi connectivity index (χ1n) is 7.42. The lowest BCUT2D eigenvalue weighted by Crippen LogP contribution is -2.17. The fourth-order valence-electron chi connectivity index (χ4n) is 3.05. The Morgan fingerprint density at radius 1 is 1.09 bits per heavy atom. The molecule has 0 aliphatic carbocycles. The van der Waals surface area contributed by atoms with Crippen LogP contribution in [0.3, 0.4) is 0 Å². The van der Waals surface area contributed by atoms with Crippen molar-refractivity contribution in [3.05, 3.63) is 77.0 Å². The maximum Gasteiger partial charge on any atom is 0.254 e. The topological polar surface area (TPSA) is 33.2 Å². The quantitative estimate of drug-likeness (QED) is 0.724. The first kappa shape index (κ1) is 13.0. The molecule has 0 bridgehead atoms. The molecule has 0 saturated carbocycles. The summed E-state index contributed by atoms with van der Waals surface area (Å²) in [5, 5.41) is 1.15. The zero-order valence-electron chi connectivity index (χ0n) is 12.4. The third-order valence-electron chi connectivity index (χ3n) is 4.21. The van der Waals surface area contributed by atoms with Crippen molar-refractivity contribution in [2.24, 2.45) is 0 Å². The molecule has 108 valence electrons. The lowest BCUT2D eigenvalue weighted by Gasteiger charge is -2.06. The molecule has 0 spiro atoms. The van der Waals surface area contributed by atoms with Gasteiger partial charge in [0.25, 0.3) is 5.91 Å². The molecule has 0 N–H and O–H groups in total. The van der Waals surface area contributed by atoms with Gasteiger partial charge in [0.05, 0.1) is 5.52 Å². The molecule has 3 aromatic rings. The first-order valence-corrected chi connectivity index (χ1v) is 7.42. The molecule has 1 aliphatic heterocycles. The molecular weight excluding hydrogens is 272 g/mol. The van der Waals surface area contributed by atoms with Crippen LogP contribution >= 0.6 is 0 Å². The molecule has 1 amide bonds. The van der Waals surface area contributed by atoms with Gasteiger partial charge in [-0.3, -0.25) is 9.78 Å². The zero-order chi connectivity index (χ0) is 15.1. The van der Waals surface area contributed by atoms with Crippen LogP contribution in [0.25, 0.3) is 10.9 Å². The fourth-order valence-corrected chi connectivity index (χ4v) is 3.05. The van der Waals surface area contributed by atoms with Gasteiger partial charge in [-0.05, 0) is 41.3 Å². The average Bonchev–Trinajstić information content (AvgIpc) is 2.82. The van der Waals surface area contributed by atoms with Crippen LogP contribution in [0.4, 0.5) is 0 Å². The van der Waals surface area contributed by atoms with Crippen molar-refractivity contribution in [2.45, 2.75) is 13.0 Å². The second-order valence-corrected chi connectivity index (χ2v) is 5.87. The molecule has 3 nitrogen and oxygen atoms in total. The van der Waals surface area contributed by atoms with E-state index in [1.807, 2.05) is 37.5 Å². The van der Waals surface area contributed by atoms with E-state index in [0.29, 0.717) is 6.54 Å². The monoisotopic (exact) mass is 288 g/mol. The first-order chi connectivity index (χ1) is 10.7. The van der Waals surface area contributed by atoms with E-state index >= 15 is 0 Å². The predicted octanol–water partition coefficient (Wildman–Crippen LogP) is 3.41.